The summed E-state index contributed by atoms with van der Waals surface area (Å²) in [5.74, 6) is 0.0688. The molecule has 2 aromatic rings. The number of rotatable bonds is 5. The molecule has 0 atom stereocenters. The quantitative estimate of drug-likeness (QED) is 0.759. The van der Waals surface area contributed by atoms with Gasteiger partial charge in [0.05, 0.1) is 13.1 Å². The number of allylic oxidation sites excluding steroid dienone is 1. The van der Waals surface area contributed by atoms with Crippen molar-refractivity contribution in [3.63, 3.8) is 0 Å². The number of hydrogen-bond donors (Lipinski definition) is 0. The molecular formula is C14H15NOS2. The molecule has 0 aliphatic carbocycles. The number of nitrogens with zero attached hydrogens (tertiary/aromatic N) is 1. The molecule has 0 aliphatic rings. The highest BCUT2D eigenvalue weighted by atomic mass is 32.1. The molecule has 94 valence electrons. The lowest BCUT2D eigenvalue weighted by Crippen LogP contribution is -2.27. The van der Waals surface area contributed by atoms with Crippen LogP contribution < -0.4 is 0 Å². The Labute approximate surface area is 115 Å². The molecule has 0 saturated carbocycles. The van der Waals surface area contributed by atoms with Crippen LogP contribution in [0, 0.1) is 0 Å². The lowest BCUT2D eigenvalue weighted by atomic mass is 10.3. The van der Waals surface area contributed by atoms with E-state index >= 15 is 0 Å². The van der Waals surface area contributed by atoms with Crippen LogP contribution >= 0.6 is 22.7 Å². The Bertz CT molecular complexity index is 464. The van der Waals surface area contributed by atoms with Crippen LogP contribution in [0.1, 0.15) is 16.7 Å². The summed E-state index contributed by atoms with van der Waals surface area (Å²) in [7, 11) is 0. The molecule has 0 N–H and O–H groups in total. The van der Waals surface area contributed by atoms with E-state index in [4.69, 9.17) is 0 Å². The number of amides is 1. The van der Waals surface area contributed by atoms with Crippen molar-refractivity contribution in [1.29, 1.82) is 0 Å². The largest absolute Gasteiger partial charge is 0.329 e. The van der Waals surface area contributed by atoms with Gasteiger partial charge in [0.1, 0.15) is 0 Å². The molecule has 0 aliphatic heterocycles. The Morgan fingerprint density at radius 1 is 1.17 bits per heavy atom. The molecule has 1 amide bonds. The van der Waals surface area contributed by atoms with Crippen molar-refractivity contribution in [2.45, 2.75) is 20.0 Å². The third-order valence-corrected chi connectivity index (χ3v) is 4.20. The molecule has 2 nitrogen and oxygen atoms in total. The van der Waals surface area contributed by atoms with Gasteiger partial charge in [0.15, 0.2) is 0 Å². The van der Waals surface area contributed by atoms with E-state index in [0.717, 1.165) is 0 Å². The van der Waals surface area contributed by atoms with Crippen LogP contribution in [-0.2, 0) is 17.9 Å². The molecule has 0 aromatic carbocycles. The monoisotopic (exact) mass is 277 g/mol. The average molecular weight is 277 g/mol. The fourth-order valence-electron chi connectivity index (χ4n) is 1.64. The van der Waals surface area contributed by atoms with E-state index in [1.807, 2.05) is 34.7 Å². The first-order chi connectivity index (χ1) is 8.79. The van der Waals surface area contributed by atoms with Crippen LogP contribution in [0.3, 0.4) is 0 Å². The molecular weight excluding hydrogens is 262 g/mol. The summed E-state index contributed by atoms with van der Waals surface area (Å²) in [5.41, 5.74) is 0. The number of thiophene rings is 2. The molecule has 0 unspecified atom stereocenters. The molecule has 0 radical (unpaired) electrons. The second-order valence-electron chi connectivity index (χ2n) is 3.85. The molecule has 0 spiro atoms. The molecule has 2 rings (SSSR count). The lowest BCUT2D eigenvalue weighted by Gasteiger charge is -2.19. The maximum Gasteiger partial charge on any atom is 0.246 e. The average Bonchev–Trinajstić information content (AvgIpc) is 3.01. The molecule has 2 heterocycles. The first kappa shape index (κ1) is 13.1. The summed E-state index contributed by atoms with van der Waals surface area (Å²) in [6, 6.07) is 8.16. The van der Waals surface area contributed by atoms with E-state index in [0.29, 0.717) is 13.1 Å². The van der Waals surface area contributed by atoms with Crippen LogP contribution in [0.5, 0.6) is 0 Å². The normalized spacial score (nSPS) is 10.9. The summed E-state index contributed by atoms with van der Waals surface area (Å²) < 4.78 is 0. The summed E-state index contributed by atoms with van der Waals surface area (Å²) in [6.07, 6.45) is 3.42. The van der Waals surface area contributed by atoms with Crippen LogP contribution in [0.25, 0.3) is 0 Å². The fraction of sp³-hybridized carbons (Fsp3) is 0.214. The number of carbonyl (C=O) groups excluding carboxylic acids is 1. The number of hydrogen-bond acceptors (Lipinski definition) is 3. The van der Waals surface area contributed by atoms with Crippen molar-refractivity contribution in [2.24, 2.45) is 0 Å². The first-order valence-corrected chi connectivity index (χ1v) is 7.52. The Kier molecular flexibility index (Phi) is 4.73. The van der Waals surface area contributed by atoms with Gasteiger partial charge in [-0.3, -0.25) is 4.79 Å². The van der Waals surface area contributed by atoms with Crippen LogP contribution in [-0.4, -0.2) is 10.8 Å². The van der Waals surface area contributed by atoms with Crippen molar-refractivity contribution in [3.05, 3.63) is 56.9 Å². The second-order valence-corrected chi connectivity index (χ2v) is 5.92. The zero-order valence-electron chi connectivity index (χ0n) is 10.2. The fourth-order valence-corrected chi connectivity index (χ4v) is 3.08. The van der Waals surface area contributed by atoms with Gasteiger partial charge in [-0.15, -0.1) is 22.7 Å². The van der Waals surface area contributed by atoms with E-state index < -0.39 is 0 Å². The third kappa shape index (κ3) is 3.55. The van der Waals surface area contributed by atoms with E-state index in [2.05, 4.69) is 12.1 Å². The van der Waals surface area contributed by atoms with Gasteiger partial charge in [0, 0.05) is 9.75 Å². The Hall–Kier alpha value is -1.39. The van der Waals surface area contributed by atoms with Crippen molar-refractivity contribution >= 4 is 28.6 Å². The van der Waals surface area contributed by atoms with E-state index in [-0.39, 0.29) is 5.91 Å². The van der Waals surface area contributed by atoms with Gasteiger partial charge < -0.3 is 4.90 Å². The van der Waals surface area contributed by atoms with Gasteiger partial charge in [-0.1, -0.05) is 18.2 Å². The molecule has 0 saturated heterocycles. The Morgan fingerprint density at radius 3 is 2.11 bits per heavy atom. The standard InChI is InChI=1S/C14H15NOS2/c1-2-5-14(16)15(10-12-6-3-8-17-12)11-13-7-4-9-18-13/h2-9H,10-11H2,1H3. The second kappa shape index (κ2) is 6.52. The maximum absolute atomic E-state index is 12.0. The summed E-state index contributed by atoms with van der Waals surface area (Å²) in [5, 5.41) is 4.08. The Morgan fingerprint density at radius 2 is 1.72 bits per heavy atom. The van der Waals surface area contributed by atoms with Gasteiger partial charge in [-0.2, -0.15) is 0 Å². The van der Waals surface area contributed by atoms with Gasteiger partial charge in [-0.25, -0.2) is 0 Å². The highest BCUT2D eigenvalue weighted by molar-refractivity contribution is 7.10. The van der Waals surface area contributed by atoms with Gasteiger partial charge >= 0.3 is 0 Å². The third-order valence-electron chi connectivity index (χ3n) is 2.47. The summed E-state index contributed by atoms with van der Waals surface area (Å²) in [6.45, 7) is 3.23. The van der Waals surface area contributed by atoms with Crippen molar-refractivity contribution in [1.82, 2.24) is 4.90 Å². The van der Waals surface area contributed by atoms with Gasteiger partial charge in [0.25, 0.3) is 0 Å². The number of carbonyl (C=O) groups is 1. The van der Waals surface area contributed by atoms with Crippen LogP contribution in [0.15, 0.2) is 47.2 Å². The highest BCUT2D eigenvalue weighted by Crippen LogP contribution is 2.17. The molecule has 18 heavy (non-hydrogen) atoms. The SMILES string of the molecule is CC=CC(=O)N(Cc1cccs1)Cc1cccs1. The Balaban J connectivity index is 2.09. The smallest absolute Gasteiger partial charge is 0.246 e. The zero-order valence-corrected chi connectivity index (χ0v) is 11.8. The van der Waals surface area contributed by atoms with E-state index in [1.54, 1.807) is 34.8 Å². The molecule has 0 fully saturated rings. The minimum Gasteiger partial charge on any atom is -0.329 e. The summed E-state index contributed by atoms with van der Waals surface area (Å²) in [4.78, 5) is 16.3. The van der Waals surface area contributed by atoms with Crippen molar-refractivity contribution < 1.29 is 4.79 Å². The van der Waals surface area contributed by atoms with Gasteiger partial charge in [0.2, 0.25) is 5.91 Å². The van der Waals surface area contributed by atoms with E-state index in [1.165, 1.54) is 9.75 Å². The van der Waals surface area contributed by atoms with Crippen LogP contribution in [0.2, 0.25) is 0 Å². The summed E-state index contributed by atoms with van der Waals surface area (Å²) >= 11 is 3.37. The molecule has 4 heteroatoms. The molecule has 2 aromatic heterocycles. The topological polar surface area (TPSA) is 20.3 Å². The minimum absolute atomic E-state index is 0.0688. The minimum atomic E-state index is 0.0688. The molecule has 0 bridgehead atoms. The predicted molar refractivity (Wildman–Crippen MR) is 77.7 cm³/mol. The van der Waals surface area contributed by atoms with Gasteiger partial charge in [-0.05, 0) is 35.9 Å². The predicted octanol–water partition coefficient (Wildman–Crippen LogP) is 3.91. The lowest BCUT2D eigenvalue weighted by molar-refractivity contribution is -0.127. The van der Waals surface area contributed by atoms with Crippen molar-refractivity contribution in [2.75, 3.05) is 0 Å². The maximum atomic E-state index is 12.0. The first-order valence-electron chi connectivity index (χ1n) is 5.76. The zero-order chi connectivity index (χ0) is 12.8. The highest BCUT2D eigenvalue weighted by Gasteiger charge is 2.12. The van der Waals surface area contributed by atoms with Crippen molar-refractivity contribution in [3.8, 4) is 0 Å². The van der Waals surface area contributed by atoms with Crippen LogP contribution in [0.4, 0.5) is 0 Å². The van der Waals surface area contributed by atoms with E-state index in [9.17, 15) is 4.79 Å².